The molecular formula is C12H9ClN4O2S. The normalized spacial score (nSPS) is 12.7. The lowest BCUT2D eigenvalue weighted by molar-refractivity contribution is -0.140. The standard InChI is InChI=1S/C12H9ClN4O2S/c1-6(12(18)19)17-11(14-15-16-17)9-7-4-2-3-5-8(7)10(13)20-9/h2-6H,1H3,(H,18,19). The highest BCUT2D eigenvalue weighted by Crippen LogP contribution is 2.40. The number of carboxylic acids is 1. The van der Waals surface area contributed by atoms with Crippen LogP contribution in [0.1, 0.15) is 13.0 Å². The van der Waals surface area contributed by atoms with Crippen LogP contribution in [0.2, 0.25) is 4.34 Å². The molecule has 2 heterocycles. The Morgan fingerprint density at radius 3 is 2.80 bits per heavy atom. The van der Waals surface area contributed by atoms with Crippen molar-refractivity contribution in [1.82, 2.24) is 20.2 Å². The molecule has 0 bridgehead atoms. The van der Waals surface area contributed by atoms with Crippen molar-refractivity contribution in [2.75, 3.05) is 0 Å². The molecule has 0 aliphatic carbocycles. The number of aliphatic carboxylic acids is 1. The summed E-state index contributed by atoms with van der Waals surface area (Å²) >= 11 is 7.55. The van der Waals surface area contributed by atoms with E-state index in [9.17, 15) is 4.79 Å². The molecule has 0 amide bonds. The third kappa shape index (κ3) is 1.95. The maximum atomic E-state index is 11.1. The number of thiophene rings is 1. The number of aromatic nitrogens is 4. The van der Waals surface area contributed by atoms with E-state index in [2.05, 4.69) is 15.5 Å². The fourth-order valence-electron chi connectivity index (χ4n) is 1.93. The van der Waals surface area contributed by atoms with Crippen LogP contribution in [-0.2, 0) is 4.79 Å². The number of fused-ring (bicyclic) bond motifs is 1. The highest BCUT2D eigenvalue weighted by atomic mass is 35.5. The summed E-state index contributed by atoms with van der Waals surface area (Å²) in [7, 11) is 0. The second-order valence-corrected chi connectivity index (χ2v) is 5.83. The van der Waals surface area contributed by atoms with Gasteiger partial charge in [0.2, 0.25) is 0 Å². The van der Waals surface area contributed by atoms with E-state index in [0.717, 1.165) is 15.6 Å². The molecule has 0 saturated carbocycles. The highest BCUT2D eigenvalue weighted by molar-refractivity contribution is 7.21. The monoisotopic (exact) mass is 308 g/mol. The molecule has 2 aromatic heterocycles. The van der Waals surface area contributed by atoms with E-state index in [1.54, 1.807) is 0 Å². The summed E-state index contributed by atoms with van der Waals surface area (Å²) in [6, 6.07) is 6.76. The summed E-state index contributed by atoms with van der Waals surface area (Å²) in [6.45, 7) is 1.53. The Bertz CT molecular complexity index is 798. The third-order valence-corrected chi connectivity index (χ3v) is 4.44. The Balaban J connectivity index is 2.22. The van der Waals surface area contributed by atoms with Crippen molar-refractivity contribution < 1.29 is 9.90 Å². The van der Waals surface area contributed by atoms with E-state index in [4.69, 9.17) is 16.7 Å². The third-order valence-electron chi connectivity index (χ3n) is 3.00. The lowest BCUT2D eigenvalue weighted by Crippen LogP contribution is -2.17. The number of carbonyl (C=O) groups is 1. The van der Waals surface area contributed by atoms with Gasteiger partial charge in [-0.15, -0.1) is 16.4 Å². The predicted molar refractivity (Wildman–Crippen MR) is 76.0 cm³/mol. The second kappa shape index (κ2) is 4.84. The molecule has 3 aromatic rings. The molecule has 0 aliphatic heterocycles. The SMILES string of the molecule is CC(C(=O)O)n1nnnc1-c1sc(Cl)c2ccccc12. The Labute approximate surface area is 122 Å². The number of hydrogen-bond acceptors (Lipinski definition) is 5. The number of nitrogens with zero attached hydrogens (tertiary/aromatic N) is 4. The summed E-state index contributed by atoms with van der Waals surface area (Å²) in [6.07, 6.45) is 0. The van der Waals surface area contributed by atoms with Crippen LogP contribution in [0, 0.1) is 0 Å². The van der Waals surface area contributed by atoms with Gasteiger partial charge >= 0.3 is 5.97 Å². The van der Waals surface area contributed by atoms with Crippen molar-refractivity contribution >= 4 is 39.7 Å². The Morgan fingerprint density at radius 2 is 2.10 bits per heavy atom. The summed E-state index contributed by atoms with van der Waals surface area (Å²) in [5, 5.41) is 22.2. The van der Waals surface area contributed by atoms with Crippen molar-refractivity contribution in [2.45, 2.75) is 13.0 Å². The van der Waals surface area contributed by atoms with Gasteiger partial charge in [0.15, 0.2) is 11.9 Å². The summed E-state index contributed by atoms with van der Waals surface area (Å²) in [5.74, 6) is -0.585. The van der Waals surface area contributed by atoms with Crippen LogP contribution in [0.5, 0.6) is 0 Å². The molecule has 6 nitrogen and oxygen atoms in total. The average molecular weight is 309 g/mol. The van der Waals surface area contributed by atoms with Gasteiger partial charge in [0.25, 0.3) is 0 Å². The first kappa shape index (κ1) is 13.0. The first-order chi connectivity index (χ1) is 9.59. The maximum absolute atomic E-state index is 11.1. The van der Waals surface area contributed by atoms with Gasteiger partial charge in [0.1, 0.15) is 4.34 Å². The molecule has 20 heavy (non-hydrogen) atoms. The van der Waals surface area contributed by atoms with Gasteiger partial charge in [0, 0.05) is 10.8 Å². The lowest BCUT2D eigenvalue weighted by Gasteiger charge is -2.07. The zero-order valence-corrected chi connectivity index (χ0v) is 11.9. The molecule has 0 fully saturated rings. The molecule has 102 valence electrons. The maximum Gasteiger partial charge on any atom is 0.328 e. The van der Waals surface area contributed by atoms with Crippen molar-refractivity contribution in [3.05, 3.63) is 28.6 Å². The zero-order chi connectivity index (χ0) is 14.3. The summed E-state index contributed by atoms with van der Waals surface area (Å²) < 4.78 is 1.92. The van der Waals surface area contributed by atoms with Crippen LogP contribution >= 0.6 is 22.9 Å². The molecule has 0 radical (unpaired) electrons. The zero-order valence-electron chi connectivity index (χ0n) is 10.3. The molecule has 8 heteroatoms. The second-order valence-electron chi connectivity index (χ2n) is 4.21. The van der Waals surface area contributed by atoms with E-state index in [-0.39, 0.29) is 0 Å². The van der Waals surface area contributed by atoms with E-state index in [1.165, 1.54) is 22.9 Å². The smallest absolute Gasteiger partial charge is 0.328 e. The minimum absolute atomic E-state index is 0.410. The fourth-order valence-corrected chi connectivity index (χ4v) is 3.30. The summed E-state index contributed by atoms with van der Waals surface area (Å²) in [5.41, 5.74) is 0. The van der Waals surface area contributed by atoms with Gasteiger partial charge < -0.3 is 5.11 Å². The van der Waals surface area contributed by atoms with Gasteiger partial charge in [-0.3, -0.25) is 0 Å². The molecule has 0 spiro atoms. The number of rotatable bonds is 3. The van der Waals surface area contributed by atoms with Crippen LogP contribution < -0.4 is 0 Å². The number of tetrazole rings is 1. The number of halogens is 1. The Hall–Kier alpha value is -1.99. The van der Waals surface area contributed by atoms with E-state index >= 15 is 0 Å². The Morgan fingerprint density at radius 1 is 1.40 bits per heavy atom. The van der Waals surface area contributed by atoms with E-state index in [1.807, 2.05) is 24.3 Å². The average Bonchev–Trinajstić information content (AvgIpc) is 3.03. The largest absolute Gasteiger partial charge is 0.480 e. The molecule has 0 saturated heterocycles. The minimum Gasteiger partial charge on any atom is -0.480 e. The van der Waals surface area contributed by atoms with E-state index in [0.29, 0.717) is 10.2 Å². The minimum atomic E-state index is -0.995. The van der Waals surface area contributed by atoms with Gasteiger partial charge in [-0.25, -0.2) is 9.48 Å². The number of benzene rings is 1. The quantitative estimate of drug-likeness (QED) is 0.804. The van der Waals surface area contributed by atoms with Gasteiger partial charge in [-0.2, -0.15) is 0 Å². The number of carboxylic acid groups (broad SMARTS) is 1. The topological polar surface area (TPSA) is 80.9 Å². The van der Waals surface area contributed by atoms with Crippen LogP contribution in [0.3, 0.4) is 0 Å². The Kier molecular flexibility index (Phi) is 3.15. The van der Waals surface area contributed by atoms with Crippen molar-refractivity contribution in [3.8, 4) is 10.7 Å². The van der Waals surface area contributed by atoms with Crippen molar-refractivity contribution in [3.63, 3.8) is 0 Å². The van der Waals surface area contributed by atoms with Crippen LogP contribution in [-0.4, -0.2) is 31.3 Å². The van der Waals surface area contributed by atoms with Crippen LogP contribution in [0.25, 0.3) is 21.5 Å². The number of hydrogen-bond donors (Lipinski definition) is 1. The van der Waals surface area contributed by atoms with Gasteiger partial charge in [-0.05, 0) is 17.4 Å². The summed E-state index contributed by atoms with van der Waals surface area (Å²) in [4.78, 5) is 11.9. The fraction of sp³-hybridized carbons (Fsp3) is 0.167. The van der Waals surface area contributed by atoms with Gasteiger partial charge in [0.05, 0.1) is 4.88 Å². The lowest BCUT2D eigenvalue weighted by atomic mass is 10.2. The first-order valence-corrected chi connectivity index (χ1v) is 6.97. The van der Waals surface area contributed by atoms with Crippen molar-refractivity contribution in [1.29, 1.82) is 0 Å². The highest BCUT2D eigenvalue weighted by Gasteiger charge is 2.23. The molecule has 3 rings (SSSR count). The van der Waals surface area contributed by atoms with E-state index < -0.39 is 12.0 Å². The predicted octanol–water partition coefficient (Wildman–Crippen LogP) is 2.85. The van der Waals surface area contributed by atoms with Gasteiger partial charge in [-0.1, -0.05) is 35.9 Å². The first-order valence-electron chi connectivity index (χ1n) is 5.77. The molecular weight excluding hydrogens is 300 g/mol. The van der Waals surface area contributed by atoms with Crippen molar-refractivity contribution in [2.24, 2.45) is 0 Å². The van der Waals surface area contributed by atoms with Crippen LogP contribution in [0.4, 0.5) is 0 Å². The van der Waals surface area contributed by atoms with Crippen LogP contribution in [0.15, 0.2) is 24.3 Å². The molecule has 1 unspecified atom stereocenters. The molecule has 1 atom stereocenters. The molecule has 0 aliphatic rings. The molecule has 1 aromatic carbocycles. The molecule has 1 N–H and O–H groups in total.